The second-order valence-corrected chi connectivity index (χ2v) is 6.46. The van der Waals surface area contributed by atoms with Crippen molar-refractivity contribution in [1.82, 2.24) is 14.5 Å². The van der Waals surface area contributed by atoms with Gasteiger partial charge in [0.15, 0.2) is 0 Å². The number of halogens is 1. The van der Waals surface area contributed by atoms with Gasteiger partial charge in [0.25, 0.3) is 5.91 Å². The number of hydrogen-bond acceptors (Lipinski definition) is 4. The van der Waals surface area contributed by atoms with E-state index in [1.54, 1.807) is 0 Å². The van der Waals surface area contributed by atoms with Gasteiger partial charge in [-0.15, -0.1) is 5.10 Å². The van der Waals surface area contributed by atoms with Gasteiger partial charge in [0.1, 0.15) is 4.88 Å². The summed E-state index contributed by atoms with van der Waals surface area (Å²) in [7, 11) is 0. The van der Waals surface area contributed by atoms with Gasteiger partial charge in [-0.05, 0) is 36.2 Å². The molecule has 2 heterocycles. The van der Waals surface area contributed by atoms with Crippen LogP contribution in [-0.4, -0.2) is 38.8 Å². The lowest BCUT2D eigenvalue weighted by molar-refractivity contribution is 0.0689. The second-order valence-electron chi connectivity index (χ2n) is 5.06. The van der Waals surface area contributed by atoms with Crippen LogP contribution in [0.1, 0.15) is 48.0 Å². The summed E-state index contributed by atoms with van der Waals surface area (Å²) in [5, 5.41) is 5.05. The Labute approximate surface area is 120 Å². The topological polar surface area (TPSA) is 46.1 Å². The molecule has 1 fully saturated rings. The van der Waals surface area contributed by atoms with Crippen LogP contribution in [-0.2, 0) is 0 Å². The number of aromatic nitrogens is 2. The number of nitrogens with zero attached hydrogens (tertiary/aromatic N) is 3. The van der Waals surface area contributed by atoms with Crippen LogP contribution in [0.2, 0.25) is 0 Å². The van der Waals surface area contributed by atoms with Crippen molar-refractivity contribution in [2.24, 2.45) is 5.92 Å². The van der Waals surface area contributed by atoms with E-state index < -0.39 is 0 Å². The van der Waals surface area contributed by atoms with Gasteiger partial charge in [-0.1, -0.05) is 34.3 Å². The predicted molar refractivity (Wildman–Crippen MR) is 76.4 cm³/mol. The van der Waals surface area contributed by atoms with Gasteiger partial charge in [-0.25, -0.2) is 0 Å². The summed E-state index contributed by atoms with van der Waals surface area (Å²) >= 11 is 4.74. The van der Waals surface area contributed by atoms with E-state index in [4.69, 9.17) is 0 Å². The van der Waals surface area contributed by atoms with Crippen LogP contribution in [0.4, 0.5) is 0 Å². The molecule has 1 aliphatic heterocycles. The zero-order valence-electron chi connectivity index (χ0n) is 10.7. The van der Waals surface area contributed by atoms with Crippen LogP contribution in [0.25, 0.3) is 0 Å². The molecule has 18 heavy (non-hydrogen) atoms. The number of carbonyl (C=O) groups is 1. The Balaban J connectivity index is 2.13. The van der Waals surface area contributed by atoms with Gasteiger partial charge in [-0.2, -0.15) is 0 Å². The lowest BCUT2D eigenvalue weighted by atomic mass is 10.00. The van der Waals surface area contributed by atoms with E-state index in [2.05, 4.69) is 25.5 Å². The lowest BCUT2D eigenvalue weighted by Crippen LogP contribution is -2.40. The number of carbonyl (C=O) groups excluding carboxylic acids is 1. The average Bonchev–Trinajstić information content (AvgIpc) is 2.87. The minimum absolute atomic E-state index is 0.111. The van der Waals surface area contributed by atoms with Gasteiger partial charge in [0, 0.05) is 18.4 Å². The smallest absolute Gasteiger partial charge is 0.267 e. The summed E-state index contributed by atoms with van der Waals surface area (Å²) in [4.78, 5) is 15.2. The molecule has 1 aromatic heterocycles. The van der Waals surface area contributed by atoms with Crippen LogP contribution in [0, 0.1) is 5.92 Å². The summed E-state index contributed by atoms with van der Waals surface area (Å²) in [6, 6.07) is 0. The number of hydrogen-bond donors (Lipinski definition) is 0. The minimum atomic E-state index is 0.111. The van der Waals surface area contributed by atoms with Gasteiger partial charge < -0.3 is 4.90 Å². The second kappa shape index (κ2) is 6.10. The molecule has 0 aromatic carbocycles. The first-order chi connectivity index (χ1) is 8.63. The third-order valence-corrected chi connectivity index (χ3v) is 4.92. The molecule has 0 bridgehead atoms. The van der Waals surface area contributed by atoms with E-state index in [9.17, 15) is 4.79 Å². The van der Waals surface area contributed by atoms with Crippen LogP contribution in [0.15, 0.2) is 0 Å². The highest BCUT2D eigenvalue weighted by Crippen LogP contribution is 2.25. The highest BCUT2D eigenvalue weighted by molar-refractivity contribution is 9.09. The summed E-state index contributed by atoms with van der Waals surface area (Å²) < 4.78 is 3.93. The van der Waals surface area contributed by atoms with Crippen molar-refractivity contribution < 1.29 is 4.79 Å². The van der Waals surface area contributed by atoms with Crippen LogP contribution >= 0.6 is 27.5 Å². The standard InChI is InChI=1S/C12H18BrN3OS/c1-8(2)10-11(18-15-14-10)12(17)16-5-3-4-9(6-13)7-16/h8-9H,3-7H2,1-2H3. The Bertz CT molecular complexity index is 421. The molecular formula is C12H18BrN3OS. The summed E-state index contributed by atoms with van der Waals surface area (Å²) in [6.07, 6.45) is 2.29. The van der Waals surface area contributed by atoms with E-state index in [0.717, 1.165) is 35.4 Å². The number of rotatable bonds is 3. The largest absolute Gasteiger partial charge is 0.338 e. The van der Waals surface area contributed by atoms with Crippen LogP contribution in [0.5, 0.6) is 0 Å². The molecular weight excluding hydrogens is 314 g/mol. The van der Waals surface area contributed by atoms with Crippen molar-refractivity contribution in [3.63, 3.8) is 0 Å². The molecule has 1 atom stereocenters. The normalized spacial score (nSPS) is 20.4. The van der Waals surface area contributed by atoms with E-state index >= 15 is 0 Å². The van der Waals surface area contributed by atoms with Crippen LogP contribution in [0.3, 0.4) is 0 Å². The first-order valence-electron chi connectivity index (χ1n) is 6.31. The van der Waals surface area contributed by atoms with Gasteiger partial charge in [0.2, 0.25) is 0 Å². The lowest BCUT2D eigenvalue weighted by Gasteiger charge is -2.31. The maximum Gasteiger partial charge on any atom is 0.267 e. The quantitative estimate of drug-likeness (QED) is 0.800. The molecule has 0 aliphatic carbocycles. The predicted octanol–water partition coefficient (Wildman–Crippen LogP) is 2.91. The fourth-order valence-corrected chi connectivity index (χ4v) is 3.56. The zero-order valence-corrected chi connectivity index (χ0v) is 13.1. The van der Waals surface area contributed by atoms with Crippen molar-refractivity contribution in [3.8, 4) is 0 Å². The number of alkyl halides is 1. The summed E-state index contributed by atoms with van der Waals surface area (Å²) in [5.41, 5.74) is 0.839. The molecule has 6 heteroatoms. The first-order valence-corrected chi connectivity index (χ1v) is 8.20. The van der Waals surface area contributed by atoms with Gasteiger partial charge >= 0.3 is 0 Å². The molecule has 4 nitrogen and oxygen atoms in total. The Hall–Kier alpha value is -0.490. The van der Waals surface area contributed by atoms with Gasteiger partial charge in [0.05, 0.1) is 5.69 Å². The van der Waals surface area contributed by atoms with E-state index in [0.29, 0.717) is 5.92 Å². The monoisotopic (exact) mass is 331 g/mol. The Morgan fingerprint density at radius 2 is 2.39 bits per heavy atom. The molecule has 1 amide bonds. The molecule has 0 saturated carbocycles. The van der Waals surface area contributed by atoms with Crippen LogP contribution < -0.4 is 0 Å². The fraction of sp³-hybridized carbons (Fsp3) is 0.750. The van der Waals surface area contributed by atoms with E-state index in [1.807, 2.05) is 18.7 Å². The molecule has 1 unspecified atom stereocenters. The highest BCUT2D eigenvalue weighted by Gasteiger charge is 2.27. The van der Waals surface area contributed by atoms with Crippen molar-refractivity contribution in [2.75, 3.05) is 18.4 Å². The third kappa shape index (κ3) is 2.91. The third-order valence-electron chi connectivity index (χ3n) is 3.28. The van der Waals surface area contributed by atoms with Crippen molar-refractivity contribution in [1.29, 1.82) is 0 Å². The molecule has 0 radical (unpaired) electrons. The average molecular weight is 332 g/mol. The first kappa shape index (κ1) is 13.9. The van der Waals surface area contributed by atoms with Crippen molar-refractivity contribution in [2.45, 2.75) is 32.6 Å². The molecule has 1 aliphatic rings. The number of likely N-dealkylation sites (tertiary alicyclic amines) is 1. The fourth-order valence-electron chi connectivity index (χ4n) is 2.24. The molecule has 2 rings (SSSR count). The Morgan fingerprint density at radius 1 is 1.61 bits per heavy atom. The molecule has 100 valence electrons. The van der Waals surface area contributed by atoms with E-state index in [-0.39, 0.29) is 11.8 Å². The number of piperidine rings is 1. The maximum atomic E-state index is 12.5. The molecule has 0 N–H and O–H groups in total. The Kier molecular flexibility index (Phi) is 4.72. The Morgan fingerprint density at radius 3 is 3.06 bits per heavy atom. The SMILES string of the molecule is CC(C)c1nnsc1C(=O)N1CCCC(CBr)C1. The highest BCUT2D eigenvalue weighted by atomic mass is 79.9. The summed E-state index contributed by atoms with van der Waals surface area (Å²) in [6.45, 7) is 5.80. The zero-order chi connectivity index (χ0) is 13.1. The molecule has 1 aromatic rings. The summed E-state index contributed by atoms with van der Waals surface area (Å²) in [5.74, 6) is 0.935. The minimum Gasteiger partial charge on any atom is -0.338 e. The van der Waals surface area contributed by atoms with Gasteiger partial charge in [-0.3, -0.25) is 4.79 Å². The maximum absolute atomic E-state index is 12.5. The van der Waals surface area contributed by atoms with E-state index in [1.165, 1.54) is 18.0 Å². The van der Waals surface area contributed by atoms with Crippen molar-refractivity contribution in [3.05, 3.63) is 10.6 Å². The molecule has 0 spiro atoms. The molecule has 1 saturated heterocycles. The van der Waals surface area contributed by atoms with Crippen molar-refractivity contribution >= 4 is 33.4 Å². The number of amides is 1.